The molecule has 1 aromatic rings. The molecule has 0 aliphatic carbocycles. The predicted molar refractivity (Wildman–Crippen MR) is 62.2 cm³/mol. The van der Waals surface area contributed by atoms with E-state index in [2.05, 4.69) is 11.4 Å². The molecular formula is C13H16NO2. The molecule has 2 rings (SSSR count). The molecule has 1 heterocycles. The molecular weight excluding hydrogens is 202 g/mol. The fraction of sp³-hybridized carbons (Fsp3) is 0.462. The van der Waals surface area contributed by atoms with Crippen LogP contribution in [0.4, 0.5) is 5.69 Å². The van der Waals surface area contributed by atoms with Gasteiger partial charge in [0.2, 0.25) is 5.91 Å². The van der Waals surface area contributed by atoms with Crippen LogP contribution in [0.3, 0.4) is 0 Å². The van der Waals surface area contributed by atoms with Crippen molar-refractivity contribution in [3.8, 4) is 0 Å². The van der Waals surface area contributed by atoms with Crippen LogP contribution in [0.2, 0.25) is 0 Å². The summed E-state index contributed by atoms with van der Waals surface area (Å²) in [5.41, 5.74) is 2.12. The molecule has 1 aliphatic heterocycles. The third kappa shape index (κ3) is 2.42. The molecule has 3 heteroatoms. The molecule has 0 fully saturated rings. The Morgan fingerprint density at radius 1 is 1.62 bits per heavy atom. The van der Waals surface area contributed by atoms with Crippen molar-refractivity contribution in [1.29, 1.82) is 0 Å². The lowest BCUT2D eigenvalue weighted by Gasteiger charge is -2.24. The molecule has 3 nitrogen and oxygen atoms in total. The largest absolute Gasteiger partial charge is 0.385 e. The first kappa shape index (κ1) is 11.1. The van der Waals surface area contributed by atoms with Gasteiger partial charge in [-0.2, -0.15) is 0 Å². The van der Waals surface area contributed by atoms with Crippen molar-refractivity contribution in [3.05, 3.63) is 29.8 Å². The van der Waals surface area contributed by atoms with Gasteiger partial charge < -0.3 is 10.1 Å². The molecule has 1 N–H and O–H groups in total. The molecule has 0 aromatic heterocycles. The predicted octanol–water partition coefficient (Wildman–Crippen LogP) is 2.02. The summed E-state index contributed by atoms with van der Waals surface area (Å²) in [6.45, 7) is 0.720. The number of nitrogens with one attached hydrogen (secondary N) is 1. The minimum Gasteiger partial charge on any atom is -0.385 e. The number of carbonyl (C=O) groups is 1. The van der Waals surface area contributed by atoms with Gasteiger partial charge in [0.1, 0.15) is 0 Å². The van der Waals surface area contributed by atoms with Gasteiger partial charge in [0.15, 0.2) is 0 Å². The van der Waals surface area contributed by atoms with Crippen LogP contribution < -0.4 is 5.32 Å². The second-order valence-corrected chi connectivity index (χ2v) is 4.11. The summed E-state index contributed by atoms with van der Waals surface area (Å²) in [6, 6.07) is 8.73. The molecule has 0 saturated carbocycles. The molecule has 1 aromatic carbocycles. The molecule has 0 saturated heterocycles. The molecule has 85 valence electrons. The zero-order valence-electron chi connectivity index (χ0n) is 9.45. The summed E-state index contributed by atoms with van der Waals surface area (Å²) >= 11 is 0. The molecule has 1 atom stereocenters. The average Bonchev–Trinajstić information content (AvgIpc) is 2.30. The van der Waals surface area contributed by atoms with Gasteiger partial charge in [0, 0.05) is 25.3 Å². The Balaban J connectivity index is 2.01. The van der Waals surface area contributed by atoms with E-state index in [1.807, 2.05) is 18.2 Å². The number of benzene rings is 1. The topological polar surface area (TPSA) is 38.3 Å². The van der Waals surface area contributed by atoms with Crippen LogP contribution in [0.15, 0.2) is 18.2 Å². The summed E-state index contributed by atoms with van der Waals surface area (Å²) in [4.78, 5) is 11.8. The lowest BCUT2D eigenvalue weighted by atomic mass is 9.90. The Morgan fingerprint density at radius 3 is 3.31 bits per heavy atom. The van der Waals surface area contributed by atoms with E-state index in [0.29, 0.717) is 0 Å². The summed E-state index contributed by atoms with van der Waals surface area (Å²) in [6.07, 6.45) is 2.64. The highest BCUT2D eigenvalue weighted by molar-refractivity contribution is 5.95. The normalized spacial score (nSPS) is 19.1. The number of amides is 1. The maximum absolute atomic E-state index is 11.8. The minimum atomic E-state index is 0.0819. The standard InChI is InChI=1S/C13H16NO2/c1-16-8-4-6-11-9-10-5-2-3-7-12(10)14-13(11)15/h3,5,7,11H,4,6,8-9H2,1H3,(H,14,15). The Bertz CT molecular complexity index is 376. The van der Waals surface area contributed by atoms with E-state index >= 15 is 0 Å². The van der Waals surface area contributed by atoms with Crippen molar-refractivity contribution in [3.63, 3.8) is 0 Å². The van der Waals surface area contributed by atoms with Gasteiger partial charge in [-0.1, -0.05) is 6.07 Å². The molecule has 0 bridgehead atoms. The molecule has 16 heavy (non-hydrogen) atoms. The van der Waals surface area contributed by atoms with Crippen LogP contribution in [-0.4, -0.2) is 19.6 Å². The van der Waals surface area contributed by atoms with Gasteiger partial charge in [-0.15, -0.1) is 0 Å². The number of methoxy groups -OCH3 is 1. The second kappa shape index (κ2) is 5.12. The maximum Gasteiger partial charge on any atom is 0.227 e. The number of anilines is 1. The molecule has 1 unspecified atom stereocenters. The number of fused-ring (bicyclic) bond motifs is 1. The molecule has 1 radical (unpaired) electrons. The van der Waals surface area contributed by atoms with E-state index in [-0.39, 0.29) is 11.8 Å². The van der Waals surface area contributed by atoms with Gasteiger partial charge in [-0.25, -0.2) is 0 Å². The van der Waals surface area contributed by atoms with Crippen LogP contribution in [0.1, 0.15) is 18.4 Å². The van der Waals surface area contributed by atoms with Gasteiger partial charge >= 0.3 is 0 Å². The van der Waals surface area contributed by atoms with E-state index < -0.39 is 0 Å². The van der Waals surface area contributed by atoms with E-state index in [9.17, 15) is 4.79 Å². The number of hydrogen-bond donors (Lipinski definition) is 1. The highest BCUT2D eigenvalue weighted by Crippen LogP contribution is 2.27. The number of rotatable bonds is 4. The van der Waals surface area contributed by atoms with Crippen molar-refractivity contribution in [2.24, 2.45) is 5.92 Å². The third-order valence-corrected chi connectivity index (χ3v) is 2.95. The quantitative estimate of drug-likeness (QED) is 0.785. The Kier molecular flexibility index (Phi) is 3.57. The number of carbonyl (C=O) groups excluding carboxylic acids is 1. The van der Waals surface area contributed by atoms with Gasteiger partial charge in [-0.05, 0) is 43.0 Å². The lowest BCUT2D eigenvalue weighted by molar-refractivity contribution is -0.120. The van der Waals surface area contributed by atoms with Gasteiger partial charge in [-0.3, -0.25) is 4.79 Å². The molecule has 1 aliphatic rings. The van der Waals surface area contributed by atoms with Crippen molar-refractivity contribution in [2.75, 3.05) is 19.0 Å². The average molecular weight is 218 g/mol. The zero-order chi connectivity index (χ0) is 11.4. The lowest BCUT2D eigenvalue weighted by Crippen LogP contribution is -2.30. The SMILES string of the molecule is COCCCC1Cc2c[c]ccc2NC1=O. The highest BCUT2D eigenvalue weighted by Gasteiger charge is 2.24. The molecule has 0 spiro atoms. The van der Waals surface area contributed by atoms with Crippen LogP contribution in [0, 0.1) is 12.0 Å². The van der Waals surface area contributed by atoms with Crippen LogP contribution in [0.25, 0.3) is 0 Å². The highest BCUT2D eigenvalue weighted by atomic mass is 16.5. The van der Waals surface area contributed by atoms with E-state index in [1.54, 1.807) is 7.11 Å². The molecule has 1 amide bonds. The summed E-state index contributed by atoms with van der Waals surface area (Å²) in [5, 5.41) is 2.94. The number of ether oxygens (including phenoxy) is 1. The van der Waals surface area contributed by atoms with Crippen molar-refractivity contribution >= 4 is 11.6 Å². The first-order valence-electron chi connectivity index (χ1n) is 5.60. The Morgan fingerprint density at radius 2 is 2.50 bits per heavy atom. The van der Waals surface area contributed by atoms with E-state index in [0.717, 1.165) is 31.6 Å². The second-order valence-electron chi connectivity index (χ2n) is 4.11. The van der Waals surface area contributed by atoms with Crippen LogP contribution >= 0.6 is 0 Å². The summed E-state index contributed by atoms with van der Waals surface area (Å²) in [5.74, 6) is 0.216. The van der Waals surface area contributed by atoms with Crippen molar-refractivity contribution < 1.29 is 9.53 Å². The monoisotopic (exact) mass is 218 g/mol. The summed E-state index contributed by atoms with van der Waals surface area (Å²) in [7, 11) is 1.69. The first-order valence-corrected chi connectivity index (χ1v) is 5.60. The fourth-order valence-corrected chi connectivity index (χ4v) is 2.06. The van der Waals surface area contributed by atoms with Crippen molar-refractivity contribution in [2.45, 2.75) is 19.3 Å². The van der Waals surface area contributed by atoms with Crippen LogP contribution in [0.5, 0.6) is 0 Å². The third-order valence-electron chi connectivity index (χ3n) is 2.95. The minimum absolute atomic E-state index is 0.0819. The van der Waals surface area contributed by atoms with E-state index in [1.165, 1.54) is 5.56 Å². The Labute approximate surface area is 95.8 Å². The van der Waals surface area contributed by atoms with E-state index in [4.69, 9.17) is 4.74 Å². The smallest absolute Gasteiger partial charge is 0.227 e. The number of hydrogen-bond acceptors (Lipinski definition) is 2. The Hall–Kier alpha value is -1.35. The van der Waals surface area contributed by atoms with Gasteiger partial charge in [0.25, 0.3) is 0 Å². The first-order chi connectivity index (χ1) is 7.81. The van der Waals surface area contributed by atoms with Crippen molar-refractivity contribution in [1.82, 2.24) is 0 Å². The summed E-state index contributed by atoms with van der Waals surface area (Å²) < 4.78 is 5.00. The van der Waals surface area contributed by atoms with Gasteiger partial charge in [0.05, 0.1) is 0 Å². The maximum atomic E-state index is 11.8. The van der Waals surface area contributed by atoms with Crippen LogP contribution in [-0.2, 0) is 16.0 Å². The zero-order valence-corrected chi connectivity index (χ0v) is 9.45. The fourth-order valence-electron chi connectivity index (χ4n) is 2.06.